The van der Waals surface area contributed by atoms with Gasteiger partial charge >= 0.3 is 0 Å². The van der Waals surface area contributed by atoms with Gasteiger partial charge in [-0.15, -0.1) is 0 Å². The van der Waals surface area contributed by atoms with E-state index in [9.17, 15) is 0 Å². The summed E-state index contributed by atoms with van der Waals surface area (Å²) in [5.41, 5.74) is 3.15. The number of hydrogen-bond donors (Lipinski definition) is 2. The number of ether oxygens (including phenoxy) is 1. The zero-order valence-electron chi connectivity index (χ0n) is 15.6. The number of aryl methyl sites for hydroxylation is 2. The number of H-pyrrole nitrogens is 1. The van der Waals surface area contributed by atoms with Crippen molar-refractivity contribution < 1.29 is 4.74 Å². The standard InChI is InChI=1S/C19H18N8O/c1-26-17(8-14(25-26)13-5-4-11-6-7-20-18(11)22-13)23-16-9-15(28-3)12-10-21-27(2)19(12)24-16/h4-10H,1-3H3,(H,20,22)(H,23,24). The van der Waals surface area contributed by atoms with Crippen molar-refractivity contribution in [2.45, 2.75) is 0 Å². The molecule has 0 spiro atoms. The lowest BCUT2D eigenvalue weighted by Gasteiger charge is -2.08. The highest BCUT2D eigenvalue weighted by Crippen LogP contribution is 2.29. The zero-order chi connectivity index (χ0) is 19.3. The first-order valence-electron chi connectivity index (χ1n) is 8.74. The Balaban J connectivity index is 1.52. The lowest BCUT2D eigenvalue weighted by Crippen LogP contribution is -2.02. The first-order chi connectivity index (χ1) is 13.6. The van der Waals surface area contributed by atoms with Crippen LogP contribution in [-0.2, 0) is 14.1 Å². The normalized spacial score (nSPS) is 11.4. The molecule has 0 saturated carbocycles. The predicted octanol–water partition coefficient (Wildman–Crippen LogP) is 3.00. The summed E-state index contributed by atoms with van der Waals surface area (Å²) < 4.78 is 8.96. The molecule has 0 atom stereocenters. The van der Waals surface area contributed by atoms with Crippen LogP contribution >= 0.6 is 0 Å². The Bertz CT molecular complexity index is 1310. The van der Waals surface area contributed by atoms with Gasteiger partial charge in [0.1, 0.15) is 28.7 Å². The maximum absolute atomic E-state index is 5.49. The Morgan fingerprint density at radius 2 is 1.93 bits per heavy atom. The van der Waals surface area contributed by atoms with E-state index in [0.29, 0.717) is 11.6 Å². The average molecular weight is 374 g/mol. The minimum atomic E-state index is 0.648. The van der Waals surface area contributed by atoms with Gasteiger partial charge in [-0.05, 0) is 18.2 Å². The number of nitrogens with zero attached hydrogens (tertiary/aromatic N) is 6. The Kier molecular flexibility index (Phi) is 3.54. The second kappa shape index (κ2) is 6.08. The van der Waals surface area contributed by atoms with Crippen molar-refractivity contribution >= 4 is 33.7 Å². The van der Waals surface area contributed by atoms with Crippen molar-refractivity contribution in [2.75, 3.05) is 12.4 Å². The summed E-state index contributed by atoms with van der Waals surface area (Å²) in [6, 6.07) is 9.77. The molecule has 0 radical (unpaired) electrons. The van der Waals surface area contributed by atoms with E-state index in [0.717, 1.165) is 39.3 Å². The molecule has 0 saturated heterocycles. The third-order valence-corrected chi connectivity index (χ3v) is 4.69. The fourth-order valence-corrected chi connectivity index (χ4v) is 3.23. The molecule has 28 heavy (non-hydrogen) atoms. The van der Waals surface area contributed by atoms with E-state index in [1.54, 1.807) is 22.7 Å². The second-order valence-corrected chi connectivity index (χ2v) is 6.49. The fourth-order valence-electron chi connectivity index (χ4n) is 3.23. The van der Waals surface area contributed by atoms with E-state index >= 15 is 0 Å². The number of pyridine rings is 2. The van der Waals surface area contributed by atoms with Gasteiger partial charge < -0.3 is 15.0 Å². The highest BCUT2D eigenvalue weighted by atomic mass is 16.5. The minimum absolute atomic E-state index is 0.648. The van der Waals surface area contributed by atoms with Gasteiger partial charge in [0.05, 0.1) is 24.4 Å². The quantitative estimate of drug-likeness (QED) is 0.502. The monoisotopic (exact) mass is 374 g/mol. The number of fused-ring (bicyclic) bond motifs is 2. The van der Waals surface area contributed by atoms with Crippen LogP contribution in [0, 0.1) is 0 Å². The molecule has 5 rings (SSSR count). The molecule has 0 bridgehead atoms. The summed E-state index contributed by atoms with van der Waals surface area (Å²) in [5, 5.41) is 14.1. The average Bonchev–Trinajstić information content (AvgIpc) is 3.41. The largest absolute Gasteiger partial charge is 0.496 e. The number of hydrogen-bond acceptors (Lipinski definition) is 6. The fraction of sp³-hybridized carbons (Fsp3) is 0.158. The molecule has 5 aromatic rings. The van der Waals surface area contributed by atoms with Gasteiger partial charge in [0, 0.05) is 37.8 Å². The number of methoxy groups -OCH3 is 1. The van der Waals surface area contributed by atoms with Crippen LogP contribution in [0.4, 0.5) is 11.6 Å². The Hall–Kier alpha value is -3.88. The molecule has 9 nitrogen and oxygen atoms in total. The Labute approximate surface area is 160 Å². The van der Waals surface area contributed by atoms with Crippen molar-refractivity contribution in [3.8, 4) is 17.1 Å². The third-order valence-electron chi connectivity index (χ3n) is 4.69. The molecule has 0 aliphatic rings. The van der Waals surface area contributed by atoms with E-state index in [4.69, 9.17) is 4.74 Å². The molecule has 0 amide bonds. The second-order valence-electron chi connectivity index (χ2n) is 6.49. The summed E-state index contributed by atoms with van der Waals surface area (Å²) in [6.45, 7) is 0. The molecule has 0 aliphatic heterocycles. The smallest absolute Gasteiger partial charge is 0.163 e. The maximum atomic E-state index is 5.49. The van der Waals surface area contributed by atoms with Crippen LogP contribution < -0.4 is 10.1 Å². The zero-order valence-corrected chi connectivity index (χ0v) is 15.6. The molecular weight excluding hydrogens is 356 g/mol. The molecule has 0 fully saturated rings. The maximum Gasteiger partial charge on any atom is 0.163 e. The molecule has 0 aromatic carbocycles. The van der Waals surface area contributed by atoms with Crippen molar-refractivity contribution in [1.29, 1.82) is 0 Å². The topological polar surface area (TPSA) is 98.5 Å². The van der Waals surface area contributed by atoms with Crippen LogP contribution in [-0.4, -0.2) is 41.6 Å². The number of anilines is 2. The number of nitrogens with one attached hydrogen (secondary N) is 2. The lowest BCUT2D eigenvalue weighted by molar-refractivity contribution is 0.419. The lowest BCUT2D eigenvalue weighted by atomic mass is 10.2. The SMILES string of the molecule is COc1cc(Nc2cc(-c3ccc4cc[nH]c4n3)nn2C)nc2c1cnn2C. The third kappa shape index (κ3) is 2.56. The van der Waals surface area contributed by atoms with Crippen LogP contribution in [0.3, 0.4) is 0 Å². The van der Waals surface area contributed by atoms with Gasteiger partial charge in [-0.25, -0.2) is 9.97 Å². The van der Waals surface area contributed by atoms with Gasteiger partial charge in [-0.1, -0.05) is 0 Å². The van der Waals surface area contributed by atoms with E-state index in [2.05, 4.69) is 30.5 Å². The molecule has 0 aliphatic carbocycles. The summed E-state index contributed by atoms with van der Waals surface area (Å²) >= 11 is 0. The highest BCUT2D eigenvalue weighted by Gasteiger charge is 2.13. The van der Waals surface area contributed by atoms with E-state index in [1.807, 2.05) is 50.6 Å². The van der Waals surface area contributed by atoms with Crippen LogP contribution in [0.25, 0.3) is 33.5 Å². The summed E-state index contributed by atoms with van der Waals surface area (Å²) in [5.74, 6) is 2.15. The first-order valence-corrected chi connectivity index (χ1v) is 8.74. The molecule has 2 N–H and O–H groups in total. The van der Waals surface area contributed by atoms with Gasteiger partial charge in [0.25, 0.3) is 0 Å². The van der Waals surface area contributed by atoms with Crippen LogP contribution in [0.2, 0.25) is 0 Å². The number of aromatic nitrogens is 7. The Morgan fingerprint density at radius 1 is 1.04 bits per heavy atom. The van der Waals surface area contributed by atoms with Crippen molar-refractivity contribution in [3.05, 3.63) is 42.7 Å². The van der Waals surface area contributed by atoms with Crippen LogP contribution in [0.15, 0.2) is 42.7 Å². The summed E-state index contributed by atoms with van der Waals surface area (Å²) in [4.78, 5) is 12.4. The molecule has 5 aromatic heterocycles. The number of aromatic amines is 1. The van der Waals surface area contributed by atoms with Gasteiger partial charge in [-0.3, -0.25) is 9.36 Å². The van der Waals surface area contributed by atoms with Crippen LogP contribution in [0.1, 0.15) is 0 Å². The van der Waals surface area contributed by atoms with E-state index in [-0.39, 0.29) is 0 Å². The van der Waals surface area contributed by atoms with Crippen molar-refractivity contribution in [1.82, 2.24) is 34.5 Å². The van der Waals surface area contributed by atoms with E-state index in [1.165, 1.54) is 0 Å². The summed E-state index contributed by atoms with van der Waals surface area (Å²) in [6.07, 6.45) is 3.62. The molecular formula is C19H18N8O. The summed E-state index contributed by atoms with van der Waals surface area (Å²) in [7, 11) is 5.36. The molecule has 0 unspecified atom stereocenters. The van der Waals surface area contributed by atoms with Crippen molar-refractivity contribution in [2.24, 2.45) is 14.1 Å². The predicted molar refractivity (Wildman–Crippen MR) is 107 cm³/mol. The molecule has 9 heteroatoms. The number of rotatable bonds is 4. The van der Waals surface area contributed by atoms with Crippen molar-refractivity contribution in [3.63, 3.8) is 0 Å². The van der Waals surface area contributed by atoms with Gasteiger partial charge in [0.15, 0.2) is 5.65 Å². The van der Waals surface area contributed by atoms with Gasteiger partial charge in [-0.2, -0.15) is 10.2 Å². The molecule has 5 heterocycles. The van der Waals surface area contributed by atoms with Gasteiger partial charge in [0.2, 0.25) is 0 Å². The highest BCUT2D eigenvalue weighted by molar-refractivity contribution is 5.84. The van der Waals surface area contributed by atoms with Crippen LogP contribution in [0.5, 0.6) is 5.75 Å². The van der Waals surface area contributed by atoms with E-state index < -0.39 is 0 Å². The minimum Gasteiger partial charge on any atom is -0.496 e. The first kappa shape index (κ1) is 16.3. The Morgan fingerprint density at radius 3 is 2.79 bits per heavy atom. The molecule has 140 valence electrons.